The van der Waals surface area contributed by atoms with Gasteiger partial charge in [-0.25, -0.2) is 4.98 Å². The Morgan fingerprint density at radius 1 is 1.40 bits per heavy atom. The van der Waals surface area contributed by atoms with Gasteiger partial charge in [0.2, 0.25) is 0 Å². The minimum absolute atomic E-state index is 0.673. The number of aromatic nitrogens is 2. The second-order valence-electron chi connectivity index (χ2n) is 4.03. The van der Waals surface area contributed by atoms with E-state index in [0.717, 1.165) is 31.0 Å². The number of nitrogens with zero attached hydrogens (tertiary/aromatic N) is 3. The number of nitrogens with two attached hydrogens (primary N) is 1. The van der Waals surface area contributed by atoms with Crippen molar-refractivity contribution < 1.29 is 0 Å². The van der Waals surface area contributed by atoms with Crippen LogP contribution in [-0.4, -0.2) is 29.1 Å². The Morgan fingerprint density at radius 2 is 2.13 bits per heavy atom. The van der Waals surface area contributed by atoms with Gasteiger partial charge in [-0.15, -0.1) is 0 Å². The van der Waals surface area contributed by atoms with E-state index in [1.165, 1.54) is 12.8 Å². The van der Waals surface area contributed by atoms with Crippen molar-refractivity contribution in [1.29, 1.82) is 0 Å². The van der Waals surface area contributed by atoms with E-state index in [9.17, 15) is 0 Å². The minimum Gasteiger partial charge on any atom is -0.352 e. The topological polar surface area (TPSA) is 55.0 Å². The maximum atomic E-state index is 5.55. The van der Waals surface area contributed by atoms with Gasteiger partial charge in [0.1, 0.15) is 5.82 Å². The lowest BCUT2D eigenvalue weighted by atomic mass is 10.3. The van der Waals surface area contributed by atoms with Gasteiger partial charge in [0.05, 0.1) is 5.69 Å². The highest BCUT2D eigenvalue weighted by atomic mass is 15.2. The molecule has 2 rings (SSSR count). The molecule has 1 aliphatic carbocycles. The van der Waals surface area contributed by atoms with Gasteiger partial charge in [0, 0.05) is 25.0 Å². The number of rotatable bonds is 5. The molecule has 82 valence electrons. The molecule has 0 aromatic carbocycles. The van der Waals surface area contributed by atoms with E-state index >= 15 is 0 Å². The number of aryl methyl sites for hydroxylation is 1. The number of anilines is 1. The van der Waals surface area contributed by atoms with E-state index < -0.39 is 0 Å². The van der Waals surface area contributed by atoms with Gasteiger partial charge >= 0.3 is 0 Å². The first-order valence-electron chi connectivity index (χ1n) is 5.57. The Morgan fingerprint density at radius 3 is 2.73 bits per heavy atom. The van der Waals surface area contributed by atoms with Gasteiger partial charge in [-0.05, 0) is 32.7 Å². The Kier molecular flexibility index (Phi) is 3.16. The summed E-state index contributed by atoms with van der Waals surface area (Å²) in [6, 6.07) is 0.673. The zero-order valence-corrected chi connectivity index (χ0v) is 9.19. The maximum Gasteiger partial charge on any atom is 0.150 e. The highest BCUT2D eigenvalue weighted by Crippen LogP contribution is 2.31. The summed E-state index contributed by atoms with van der Waals surface area (Å²) < 4.78 is 0. The quantitative estimate of drug-likeness (QED) is 0.784. The summed E-state index contributed by atoms with van der Waals surface area (Å²) >= 11 is 0. The van der Waals surface area contributed by atoms with Crippen LogP contribution in [0.2, 0.25) is 0 Å². The molecule has 1 heterocycles. The fourth-order valence-corrected chi connectivity index (χ4v) is 1.79. The van der Waals surface area contributed by atoms with E-state index in [4.69, 9.17) is 5.73 Å². The predicted octanol–water partition coefficient (Wildman–Crippen LogP) is 1.10. The molecule has 2 N–H and O–H groups in total. The summed E-state index contributed by atoms with van der Waals surface area (Å²) in [4.78, 5) is 11.1. The normalized spacial score (nSPS) is 15.3. The first-order valence-corrected chi connectivity index (χ1v) is 5.57. The molecule has 0 spiro atoms. The molecule has 15 heavy (non-hydrogen) atoms. The highest BCUT2D eigenvalue weighted by molar-refractivity contribution is 5.44. The molecule has 0 atom stereocenters. The van der Waals surface area contributed by atoms with Crippen LogP contribution < -0.4 is 10.6 Å². The van der Waals surface area contributed by atoms with Crippen LogP contribution in [0.25, 0.3) is 0 Å². The van der Waals surface area contributed by atoms with Crippen LogP contribution in [0.15, 0.2) is 12.4 Å². The lowest BCUT2D eigenvalue weighted by Gasteiger charge is -2.24. The van der Waals surface area contributed by atoms with Crippen molar-refractivity contribution in [2.45, 2.75) is 32.2 Å². The standard InChI is InChI=1S/C11H18N4/c1-9-11(14-7-6-13-9)15(8-2-5-12)10-3-4-10/h6-7,10H,2-5,8,12H2,1H3. The molecule has 0 unspecified atom stereocenters. The molecule has 0 aliphatic heterocycles. The van der Waals surface area contributed by atoms with Crippen LogP contribution in [0.4, 0.5) is 5.82 Å². The molecule has 1 aromatic rings. The molecule has 0 bridgehead atoms. The van der Waals surface area contributed by atoms with Gasteiger partial charge in [-0.1, -0.05) is 0 Å². The molecule has 0 saturated heterocycles. The van der Waals surface area contributed by atoms with Crippen LogP contribution in [0.5, 0.6) is 0 Å². The van der Waals surface area contributed by atoms with Crippen LogP contribution in [0.3, 0.4) is 0 Å². The molecule has 1 aliphatic rings. The average Bonchev–Trinajstić information content (AvgIpc) is 3.05. The first-order chi connectivity index (χ1) is 7.33. The summed E-state index contributed by atoms with van der Waals surface area (Å²) in [6.45, 7) is 3.75. The van der Waals surface area contributed by atoms with Gasteiger partial charge in [-0.2, -0.15) is 0 Å². The van der Waals surface area contributed by atoms with Crippen LogP contribution in [0.1, 0.15) is 25.0 Å². The van der Waals surface area contributed by atoms with Crippen molar-refractivity contribution in [1.82, 2.24) is 9.97 Å². The SMILES string of the molecule is Cc1nccnc1N(CCCN)C1CC1. The van der Waals surface area contributed by atoms with E-state index in [0.29, 0.717) is 6.04 Å². The van der Waals surface area contributed by atoms with Crippen LogP contribution in [0, 0.1) is 6.92 Å². The molecule has 4 heteroatoms. The molecule has 4 nitrogen and oxygen atoms in total. The summed E-state index contributed by atoms with van der Waals surface area (Å²) in [7, 11) is 0. The van der Waals surface area contributed by atoms with Gasteiger partial charge < -0.3 is 10.6 Å². The molecule has 1 aromatic heterocycles. The Bertz CT molecular complexity index is 322. The van der Waals surface area contributed by atoms with Crippen LogP contribution >= 0.6 is 0 Å². The molecule has 0 radical (unpaired) electrons. The number of hydrogen-bond donors (Lipinski definition) is 1. The fraction of sp³-hybridized carbons (Fsp3) is 0.636. The van der Waals surface area contributed by atoms with E-state index in [1.54, 1.807) is 12.4 Å². The van der Waals surface area contributed by atoms with Gasteiger partial charge in [-0.3, -0.25) is 4.98 Å². The summed E-state index contributed by atoms with van der Waals surface area (Å²) in [5.41, 5.74) is 6.57. The van der Waals surface area contributed by atoms with Crippen molar-refractivity contribution >= 4 is 5.82 Å². The second-order valence-corrected chi connectivity index (χ2v) is 4.03. The molecular formula is C11H18N4. The zero-order valence-electron chi connectivity index (χ0n) is 9.19. The Labute approximate surface area is 90.5 Å². The smallest absolute Gasteiger partial charge is 0.150 e. The van der Waals surface area contributed by atoms with Crippen molar-refractivity contribution in [3.8, 4) is 0 Å². The minimum atomic E-state index is 0.673. The Balaban J connectivity index is 2.13. The average molecular weight is 206 g/mol. The lowest BCUT2D eigenvalue weighted by molar-refractivity contribution is 0.717. The molecule has 0 amide bonds. The van der Waals surface area contributed by atoms with E-state index in [-0.39, 0.29) is 0 Å². The van der Waals surface area contributed by atoms with Crippen LogP contribution in [-0.2, 0) is 0 Å². The molecule has 1 saturated carbocycles. The first kappa shape index (κ1) is 10.4. The van der Waals surface area contributed by atoms with E-state index in [2.05, 4.69) is 14.9 Å². The fourth-order valence-electron chi connectivity index (χ4n) is 1.79. The lowest BCUT2D eigenvalue weighted by Crippen LogP contribution is -2.30. The van der Waals surface area contributed by atoms with E-state index in [1.807, 2.05) is 6.92 Å². The molecular weight excluding hydrogens is 188 g/mol. The third-order valence-corrected chi connectivity index (χ3v) is 2.72. The third-order valence-electron chi connectivity index (χ3n) is 2.72. The van der Waals surface area contributed by atoms with Crippen molar-refractivity contribution in [2.24, 2.45) is 5.73 Å². The summed E-state index contributed by atoms with van der Waals surface area (Å²) in [6.07, 6.45) is 7.08. The Hall–Kier alpha value is -1.16. The maximum absolute atomic E-state index is 5.55. The zero-order chi connectivity index (χ0) is 10.7. The predicted molar refractivity (Wildman–Crippen MR) is 60.8 cm³/mol. The van der Waals surface area contributed by atoms with Crippen molar-refractivity contribution in [3.63, 3.8) is 0 Å². The van der Waals surface area contributed by atoms with Gasteiger partial charge in [0.25, 0.3) is 0 Å². The summed E-state index contributed by atoms with van der Waals surface area (Å²) in [5, 5.41) is 0. The highest BCUT2D eigenvalue weighted by Gasteiger charge is 2.30. The summed E-state index contributed by atoms with van der Waals surface area (Å²) in [5.74, 6) is 1.04. The van der Waals surface area contributed by atoms with Gasteiger partial charge in [0.15, 0.2) is 0 Å². The second kappa shape index (κ2) is 4.57. The molecule has 1 fully saturated rings. The van der Waals surface area contributed by atoms with Crippen molar-refractivity contribution in [2.75, 3.05) is 18.0 Å². The monoisotopic (exact) mass is 206 g/mol. The van der Waals surface area contributed by atoms with Crippen molar-refractivity contribution in [3.05, 3.63) is 18.1 Å². The third kappa shape index (κ3) is 2.45. The largest absolute Gasteiger partial charge is 0.352 e. The number of hydrogen-bond acceptors (Lipinski definition) is 4.